The Bertz CT molecular complexity index is 713. The predicted octanol–water partition coefficient (Wildman–Crippen LogP) is 8.36. The third-order valence-electron chi connectivity index (χ3n) is 3.97. The molecule has 3 rings (SSSR count). The van der Waals surface area contributed by atoms with Gasteiger partial charge in [0.25, 0.3) is 0 Å². The molecular weight excluding hydrogens is 334 g/mol. The molecule has 0 saturated heterocycles. The minimum absolute atomic E-state index is 1.19. The molecule has 0 amide bonds. The quantitative estimate of drug-likeness (QED) is 0.312. The minimum Gasteiger partial charge on any atom is -0.315 e. The lowest BCUT2D eigenvalue weighted by Crippen LogP contribution is -1.90. The summed E-state index contributed by atoms with van der Waals surface area (Å²) in [6, 6.07) is 19.2. The molecule has 0 aliphatic carbocycles. The second-order valence-electron chi connectivity index (χ2n) is 5.92. The first kappa shape index (κ1) is 22.4. The molecule has 0 saturated carbocycles. The van der Waals surface area contributed by atoms with Crippen molar-refractivity contribution >= 4 is 22.7 Å². The maximum atomic E-state index is 2.30. The number of benzene rings is 2. The Morgan fingerprint density at radius 1 is 0.769 bits per heavy atom. The molecule has 0 unspecified atom stereocenters. The normalized spacial score (nSPS) is 9.88. The number of hydrogen-bond donors (Lipinski definition) is 0. The van der Waals surface area contributed by atoms with E-state index in [0.717, 1.165) is 0 Å². The minimum atomic E-state index is 1.19. The van der Waals surface area contributed by atoms with Gasteiger partial charge in [0, 0.05) is 22.2 Å². The zero-order valence-corrected chi connectivity index (χ0v) is 18.0. The van der Waals surface area contributed by atoms with Gasteiger partial charge in [0.1, 0.15) is 0 Å². The number of thioether (sulfide) groups is 1. The molecule has 0 fully saturated rings. The molecular formula is C24H35NS. The van der Waals surface area contributed by atoms with Crippen LogP contribution in [0.3, 0.4) is 0 Å². The molecule has 3 aromatic rings. The lowest BCUT2D eigenvalue weighted by atomic mass is 10.2. The van der Waals surface area contributed by atoms with E-state index in [2.05, 4.69) is 86.1 Å². The van der Waals surface area contributed by atoms with Crippen LogP contribution in [0.1, 0.15) is 60.3 Å². The fourth-order valence-electron chi connectivity index (χ4n) is 2.39. The van der Waals surface area contributed by atoms with Crippen LogP contribution in [0.5, 0.6) is 0 Å². The van der Waals surface area contributed by atoms with E-state index < -0.39 is 0 Å². The van der Waals surface area contributed by atoms with Crippen LogP contribution in [0.15, 0.2) is 65.7 Å². The van der Waals surface area contributed by atoms with Crippen molar-refractivity contribution in [2.24, 2.45) is 0 Å². The average molecular weight is 370 g/mol. The molecule has 2 heteroatoms. The second kappa shape index (κ2) is 13.5. The van der Waals surface area contributed by atoms with Crippen LogP contribution in [-0.2, 0) is 0 Å². The summed E-state index contributed by atoms with van der Waals surface area (Å²) >= 11 is 1.97. The standard InChI is InChI=1S/C18H19NS.C4H10.C2H6/c1-2-3-13-20-18-14-19(15-9-5-4-6-10-15)17-12-8-7-11-16(17)18;1-3-4-2;1-2/h4-12,14H,2-3,13H2,1H3;3-4H2,1-2H3;1-2H3. The highest BCUT2D eigenvalue weighted by Crippen LogP contribution is 2.32. The van der Waals surface area contributed by atoms with Crippen molar-refractivity contribution in [3.8, 4) is 5.69 Å². The average Bonchev–Trinajstić information content (AvgIpc) is 3.09. The van der Waals surface area contributed by atoms with Crippen molar-refractivity contribution in [3.63, 3.8) is 0 Å². The van der Waals surface area contributed by atoms with E-state index in [1.54, 1.807) is 0 Å². The second-order valence-corrected chi connectivity index (χ2v) is 7.05. The molecule has 0 aliphatic rings. The Hall–Kier alpha value is -1.67. The molecule has 1 heterocycles. The molecule has 0 aliphatic heterocycles. The van der Waals surface area contributed by atoms with E-state index in [1.807, 2.05) is 25.6 Å². The van der Waals surface area contributed by atoms with Crippen molar-refractivity contribution in [2.45, 2.75) is 65.2 Å². The number of unbranched alkanes of at least 4 members (excludes halogenated alkanes) is 2. The monoisotopic (exact) mass is 369 g/mol. The van der Waals surface area contributed by atoms with Gasteiger partial charge < -0.3 is 4.57 Å². The molecule has 26 heavy (non-hydrogen) atoms. The first-order chi connectivity index (χ1) is 12.8. The Labute approximate surface area is 164 Å². The van der Waals surface area contributed by atoms with Crippen molar-refractivity contribution in [1.82, 2.24) is 4.57 Å². The Balaban J connectivity index is 0.000000500. The SMILES string of the molecule is CC.CCCC.CCCCSc1cn(-c2ccccc2)c2ccccc12. The number of nitrogens with zero attached hydrogens (tertiary/aromatic N) is 1. The largest absolute Gasteiger partial charge is 0.315 e. The highest BCUT2D eigenvalue weighted by molar-refractivity contribution is 7.99. The Kier molecular flexibility index (Phi) is 11.6. The van der Waals surface area contributed by atoms with Crippen LogP contribution < -0.4 is 0 Å². The summed E-state index contributed by atoms with van der Waals surface area (Å²) < 4.78 is 2.30. The molecule has 142 valence electrons. The smallest absolute Gasteiger partial charge is 0.0540 e. The molecule has 0 bridgehead atoms. The van der Waals surface area contributed by atoms with E-state index in [0.29, 0.717) is 0 Å². The Morgan fingerprint density at radius 3 is 2.00 bits per heavy atom. The molecule has 0 spiro atoms. The van der Waals surface area contributed by atoms with E-state index >= 15 is 0 Å². The van der Waals surface area contributed by atoms with E-state index in [-0.39, 0.29) is 0 Å². The van der Waals surface area contributed by atoms with Gasteiger partial charge in [0.15, 0.2) is 0 Å². The van der Waals surface area contributed by atoms with E-state index in [1.165, 1.54) is 52.9 Å². The molecule has 0 N–H and O–H groups in total. The van der Waals surface area contributed by atoms with E-state index in [4.69, 9.17) is 0 Å². The first-order valence-electron chi connectivity index (χ1n) is 10.1. The van der Waals surface area contributed by atoms with Gasteiger partial charge in [0.2, 0.25) is 0 Å². The summed E-state index contributed by atoms with van der Waals surface area (Å²) in [5, 5.41) is 1.36. The van der Waals surface area contributed by atoms with Crippen LogP contribution in [-0.4, -0.2) is 10.3 Å². The van der Waals surface area contributed by atoms with Crippen LogP contribution in [0, 0.1) is 0 Å². The van der Waals surface area contributed by atoms with Crippen molar-refractivity contribution < 1.29 is 0 Å². The van der Waals surface area contributed by atoms with Gasteiger partial charge in [-0.2, -0.15) is 0 Å². The highest BCUT2D eigenvalue weighted by atomic mass is 32.2. The summed E-state index contributed by atoms with van der Waals surface area (Å²) in [4.78, 5) is 1.39. The predicted molar refractivity (Wildman–Crippen MR) is 121 cm³/mol. The van der Waals surface area contributed by atoms with Crippen molar-refractivity contribution in [2.75, 3.05) is 5.75 Å². The van der Waals surface area contributed by atoms with Crippen LogP contribution >= 0.6 is 11.8 Å². The van der Waals surface area contributed by atoms with Crippen LogP contribution in [0.25, 0.3) is 16.6 Å². The van der Waals surface area contributed by atoms with Crippen molar-refractivity contribution in [1.29, 1.82) is 0 Å². The van der Waals surface area contributed by atoms with Gasteiger partial charge in [0.05, 0.1) is 5.52 Å². The number of fused-ring (bicyclic) bond motifs is 1. The van der Waals surface area contributed by atoms with Crippen LogP contribution in [0.4, 0.5) is 0 Å². The number of hydrogen-bond acceptors (Lipinski definition) is 1. The third kappa shape index (κ3) is 6.57. The number of aromatic nitrogens is 1. The van der Waals surface area contributed by atoms with Gasteiger partial charge in [-0.3, -0.25) is 0 Å². The van der Waals surface area contributed by atoms with E-state index in [9.17, 15) is 0 Å². The molecule has 0 radical (unpaired) electrons. The first-order valence-corrected chi connectivity index (χ1v) is 11.1. The number of para-hydroxylation sites is 2. The molecule has 1 nitrogen and oxygen atoms in total. The summed E-state index contributed by atoms with van der Waals surface area (Å²) in [7, 11) is 0. The Morgan fingerprint density at radius 2 is 1.38 bits per heavy atom. The van der Waals surface area contributed by atoms with Crippen LogP contribution in [0.2, 0.25) is 0 Å². The van der Waals surface area contributed by atoms with Gasteiger partial charge in [-0.05, 0) is 30.4 Å². The lowest BCUT2D eigenvalue weighted by molar-refractivity contribution is 0.886. The fraction of sp³-hybridized carbons (Fsp3) is 0.417. The van der Waals surface area contributed by atoms with Gasteiger partial charge in [-0.25, -0.2) is 0 Å². The third-order valence-corrected chi connectivity index (χ3v) is 5.09. The highest BCUT2D eigenvalue weighted by Gasteiger charge is 2.09. The van der Waals surface area contributed by atoms with Gasteiger partial charge >= 0.3 is 0 Å². The van der Waals surface area contributed by atoms with Gasteiger partial charge in [-0.1, -0.05) is 90.3 Å². The van der Waals surface area contributed by atoms with Crippen molar-refractivity contribution in [3.05, 3.63) is 60.8 Å². The summed E-state index contributed by atoms with van der Waals surface area (Å²) in [6.45, 7) is 10.6. The summed E-state index contributed by atoms with van der Waals surface area (Å²) in [6.07, 6.45) is 7.44. The number of rotatable bonds is 6. The molecule has 1 aromatic heterocycles. The lowest BCUT2D eigenvalue weighted by Gasteiger charge is -2.04. The fourth-order valence-corrected chi connectivity index (χ4v) is 3.55. The maximum absolute atomic E-state index is 2.30. The van der Waals surface area contributed by atoms with Gasteiger partial charge in [-0.15, -0.1) is 11.8 Å². The maximum Gasteiger partial charge on any atom is 0.0540 e. The zero-order valence-electron chi connectivity index (χ0n) is 17.2. The topological polar surface area (TPSA) is 4.93 Å². The zero-order chi connectivity index (χ0) is 19.2. The summed E-state index contributed by atoms with van der Waals surface area (Å²) in [5.41, 5.74) is 2.52. The summed E-state index contributed by atoms with van der Waals surface area (Å²) in [5.74, 6) is 1.19. The molecule has 0 atom stereocenters. The molecule has 2 aromatic carbocycles.